The third kappa shape index (κ3) is 3.72. The molecule has 2 aliphatic heterocycles. The molecule has 2 amide bonds. The molecule has 4 aliphatic rings. The second-order valence-electron chi connectivity index (χ2n) is 8.97. The molecule has 2 bridgehead atoms. The molecule has 4 atom stereocenters. The standard InChI is InChI=1S/C26H23ClN2O6/c1-2-32-21-9-15(11-28-29-25(30)22-16-4-5-17(10-16)23(22)26(29)31)7-18(27)24(21)33-12-14-3-6-19-20(8-14)35-13-34-19/h3-9,11,16-17,22-23H,2,10,12-13H2,1H3. The summed E-state index contributed by atoms with van der Waals surface area (Å²) in [5, 5.41) is 5.58. The minimum absolute atomic E-state index is 0.141. The van der Waals surface area contributed by atoms with Crippen LogP contribution in [0, 0.1) is 23.7 Å². The number of halogens is 1. The van der Waals surface area contributed by atoms with Gasteiger partial charge in [0.05, 0.1) is 29.7 Å². The van der Waals surface area contributed by atoms with Gasteiger partial charge >= 0.3 is 0 Å². The number of hydrogen-bond donors (Lipinski definition) is 0. The Morgan fingerprint density at radius 1 is 1.06 bits per heavy atom. The predicted octanol–water partition coefficient (Wildman–Crippen LogP) is 4.19. The number of rotatable bonds is 7. The third-order valence-electron chi connectivity index (χ3n) is 6.92. The Morgan fingerprint density at radius 3 is 2.54 bits per heavy atom. The number of carbonyl (C=O) groups is 2. The number of carbonyl (C=O) groups excluding carboxylic acids is 2. The zero-order valence-corrected chi connectivity index (χ0v) is 19.7. The summed E-state index contributed by atoms with van der Waals surface area (Å²) in [7, 11) is 0. The van der Waals surface area contributed by atoms with Gasteiger partial charge in [-0.2, -0.15) is 10.1 Å². The van der Waals surface area contributed by atoms with E-state index in [0.29, 0.717) is 40.2 Å². The zero-order valence-electron chi connectivity index (χ0n) is 19.0. The van der Waals surface area contributed by atoms with Crippen LogP contribution in [0.3, 0.4) is 0 Å². The van der Waals surface area contributed by atoms with Gasteiger partial charge in [0.2, 0.25) is 6.79 Å². The highest BCUT2D eigenvalue weighted by atomic mass is 35.5. The first-order valence-electron chi connectivity index (χ1n) is 11.6. The molecule has 1 saturated heterocycles. The van der Waals surface area contributed by atoms with Crippen molar-refractivity contribution in [2.24, 2.45) is 28.8 Å². The molecule has 180 valence electrons. The van der Waals surface area contributed by atoms with Gasteiger partial charge in [-0.15, -0.1) is 0 Å². The van der Waals surface area contributed by atoms with Crippen LogP contribution in [0.15, 0.2) is 47.6 Å². The van der Waals surface area contributed by atoms with E-state index in [1.54, 1.807) is 12.1 Å². The fraction of sp³-hybridized carbons (Fsp3) is 0.346. The topological polar surface area (TPSA) is 86.7 Å². The molecular weight excluding hydrogens is 472 g/mol. The van der Waals surface area contributed by atoms with E-state index in [1.165, 1.54) is 6.21 Å². The first kappa shape index (κ1) is 22.0. The normalized spacial score (nSPS) is 25.7. The van der Waals surface area contributed by atoms with Crippen molar-refractivity contribution >= 4 is 29.6 Å². The van der Waals surface area contributed by atoms with E-state index in [1.807, 2.05) is 25.1 Å². The molecule has 0 N–H and O–H groups in total. The van der Waals surface area contributed by atoms with Gasteiger partial charge in [-0.3, -0.25) is 9.59 Å². The summed E-state index contributed by atoms with van der Waals surface area (Å²) >= 11 is 6.54. The SMILES string of the molecule is CCOc1cc(C=NN2C(=O)C3C4C=CC(C4)C3C2=O)cc(Cl)c1OCc1ccc2c(c1)OCO2. The van der Waals surface area contributed by atoms with E-state index in [4.69, 9.17) is 30.5 Å². The van der Waals surface area contributed by atoms with Crippen LogP contribution in [0.5, 0.6) is 23.0 Å². The second kappa shape index (κ2) is 8.61. The van der Waals surface area contributed by atoms with Crippen molar-refractivity contribution in [1.82, 2.24) is 5.01 Å². The van der Waals surface area contributed by atoms with Gasteiger partial charge in [0.1, 0.15) is 6.61 Å². The number of nitrogens with zero attached hydrogens (tertiary/aromatic N) is 2. The fourth-order valence-electron chi connectivity index (χ4n) is 5.38. The summed E-state index contributed by atoms with van der Waals surface area (Å²) in [5.41, 5.74) is 1.48. The number of imide groups is 1. The molecule has 2 aromatic carbocycles. The van der Waals surface area contributed by atoms with E-state index in [0.717, 1.165) is 17.0 Å². The highest BCUT2D eigenvalue weighted by Crippen LogP contribution is 2.52. The number of amides is 2. The van der Waals surface area contributed by atoms with Crippen molar-refractivity contribution in [3.05, 3.63) is 58.6 Å². The van der Waals surface area contributed by atoms with Crippen molar-refractivity contribution in [3.8, 4) is 23.0 Å². The molecule has 1 saturated carbocycles. The Morgan fingerprint density at radius 2 is 1.80 bits per heavy atom. The van der Waals surface area contributed by atoms with Gasteiger partial charge in [-0.05, 0) is 60.6 Å². The minimum Gasteiger partial charge on any atom is -0.490 e. The van der Waals surface area contributed by atoms with E-state index in [2.05, 4.69) is 17.3 Å². The van der Waals surface area contributed by atoms with Crippen molar-refractivity contribution in [2.75, 3.05) is 13.4 Å². The lowest BCUT2D eigenvalue weighted by Gasteiger charge is -2.15. The summed E-state index contributed by atoms with van der Waals surface area (Å²) < 4.78 is 22.5. The predicted molar refractivity (Wildman–Crippen MR) is 127 cm³/mol. The first-order valence-corrected chi connectivity index (χ1v) is 12.0. The molecule has 2 aliphatic carbocycles. The lowest BCUT2D eigenvalue weighted by atomic mass is 9.85. The maximum absolute atomic E-state index is 12.9. The summed E-state index contributed by atoms with van der Waals surface area (Å²) in [6, 6.07) is 8.98. The number of hydrogen-bond acceptors (Lipinski definition) is 7. The lowest BCUT2D eigenvalue weighted by Crippen LogP contribution is -2.28. The number of allylic oxidation sites excluding steroid dienone is 2. The molecule has 0 spiro atoms. The van der Waals surface area contributed by atoms with Crippen LogP contribution in [0.4, 0.5) is 0 Å². The van der Waals surface area contributed by atoms with Gasteiger partial charge in [0, 0.05) is 0 Å². The molecule has 9 heteroatoms. The van der Waals surface area contributed by atoms with E-state index < -0.39 is 0 Å². The second-order valence-corrected chi connectivity index (χ2v) is 9.38. The van der Waals surface area contributed by atoms with Crippen LogP contribution in [0.25, 0.3) is 0 Å². The maximum Gasteiger partial charge on any atom is 0.254 e. The summed E-state index contributed by atoms with van der Waals surface area (Å²) in [6.45, 7) is 2.72. The van der Waals surface area contributed by atoms with Crippen molar-refractivity contribution < 1.29 is 28.5 Å². The minimum atomic E-state index is -0.288. The molecule has 8 nitrogen and oxygen atoms in total. The van der Waals surface area contributed by atoms with E-state index >= 15 is 0 Å². The number of benzene rings is 2. The Bertz CT molecular complexity index is 1240. The molecule has 6 rings (SSSR count). The number of hydrazone groups is 1. The monoisotopic (exact) mass is 494 g/mol. The smallest absolute Gasteiger partial charge is 0.254 e. The zero-order chi connectivity index (χ0) is 24.1. The van der Waals surface area contributed by atoms with Gasteiger partial charge in [-0.1, -0.05) is 29.8 Å². The van der Waals surface area contributed by atoms with Gasteiger partial charge in [-0.25, -0.2) is 0 Å². The molecule has 0 aromatic heterocycles. The Hall–Kier alpha value is -3.52. The molecule has 35 heavy (non-hydrogen) atoms. The third-order valence-corrected chi connectivity index (χ3v) is 7.20. The molecule has 4 unspecified atom stereocenters. The van der Waals surface area contributed by atoms with Gasteiger partial charge in [0.25, 0.3) is 11.8 Å². The molecule has 2 heterocycles. The molecule has 0 radical (unpaired) electrons. The summed E-state index contributed by atoms with van der Waals surface area (Å²) in [5.74, 6) is 1.47. The number of fused-ring (bicyclic) bond motifs is 6. The fourth-order valence-corrected chi connectivity index (χ4v) is 5.65. The van der Waals surface area contributed by atoms with E-state index in [-0.39, 0.29) is 48.9 Å². The largest absolute Gasteiger partial charge is 0.490 e. The summed E-state index contributed by atoms with van der Waals surface area (Å²) in [6.07, 6.45) is 6.45. The molecular formula is C26H23ClN2O6. The molecule has 2 fully saturated rings. The van der Waals surface area contributed by atoms with Crippen LogP contribution >= 0.6 is 11.6 Å². The van der Waals surface area contributed by atoms with Crippen molar-refractivity contribution in [2.45, 2.75) is 20.0 Å². The van der Waals surface area contributed by atoms with E-state index in [9.17, 15) is 9.59 Å². The van der Waals surface area contributed by atoms with Crippen LogP contribution < -0.4 is 18.9 Å². The number of ether oxygens (including phenoxy) is 4. The highest BCUT2D eigenvalue weighted by molar-refractivity contribution is 6.32. The first-order chi connectivity index (χ1) is 17.0. The van der Waals surface area contributed by atoms with Crippen LogP contribution in [-0.2, 0) is 16.2 Å². The maximum atomic E-state index is 12.9. The average molecular weight is 495 g/mol. The van der Waals surface area contributed by atoms with Crippen LogP contribution in [0.2, 0.25) is 5.02 Å². The van der Waals surface area contributed by atoms with Gasteiger partial charge < -0.3 is 18.9 Å². The lowest BCUT2D eigenvalue weighted by molar-refractivity contribution is -0.140. The molecule has 2 aromatic rings. The Labute approximate surface area is 207 Å². The Kier molecular flexibility index (Phi) is 5.40. The van der Waals surface area contributed by atoms with Gasteiger partial charge in [0.15, 0.2) is 23.0 Å². The van der Waals surface area contributed by atoms with Crippen molar-refractivity contribution in [1.29, 1.82) is 0 Å². The average Bonchev–Trinajstić information content (AvgIpc) is 3.62. The Balaban J connectivity index is 1.20. The summed E-state index contributed by atoms with van der Waals surface area (Å²) in [4.78, 5) is 25.7. The highest BCUT2D eigenvalue weighted by Gasteiger charge is 2.59. The van der Waals surface area contributed by atoms with Crippen molar-refractivity contribution in [3.63, 3.8) is 0 Å². The van der Waals surface area contributed by atoms with Crippen LogP contribution in [-0.4, -0.2) is 36.4 Å². The quantitative estimate of drug-likeness (QED) is 0.326. The van der Waals surface area contributed by atoms with Crippen LogP contribution in [0.1, 0.15) is 24.5 Å².